The summed E-state index contributed by atoms with van der Waals surface area (Å²) in [6, 6.07) is 2.34. The fraction of sp³-hybridized carbons (Fsp3) is 0.733. The number of furan rings is 1. The first-order valence-corrected chi connectivity index (χ1v) is 7.18. The molecule has 1 aromatic heterocycles. The maximum Gasteiger partial charge on any atom is 0.0935 e. The molecule has 1 aliphatic rings. The summed E-state index contributed by atoms with van der Waals surface area (Å²) in [6.07, 6.45) is 7.51. The molecule has 1 saturated heterocycles. The molecule has 0 aliphatic carbocycles. The third-order valence-corrected chi connectivity index (χ3v) is 4.04. The number of hydrogen-bond acceptors (Lipinski definition) is 4. The minimum absolute atomic E-state index is 0.120. The third-order valence-electron chi connectivity index (χ3n) is 4.04. The Morgan fingerprint density at radius 1 is 1.42 bits per heavy atom. The molecule has 1 aromatic rings. The molecule has 4 nitrogen and oxygen atoms in total. The van der Waals surface area contributed by atoms with Crippen LogP contribution in [-0.2, 0) is 15.9 Å². The normalized spacial score (nSPS) is 20.3. The second-order valence-corrected chi connectivity index (χ2v) is 5.22. The molecule has 1 N–H and O–H groups in total. The van der Waals surface area contributed by atoms with Crippen molar-refractivity contribution in [2.24, 2.45) is 0 Å². The summed E-state index contributed by atoms with van der Waals surface area (Å²) >= 11 is 0. The molecule has 0 aromatic carbocycles. The van der Waals surface area contributed by atoms with Gasteiger partial charge in [-0.15, -0.1) is 0 Å². The minimum Gasteiger partial charge on any atom is -0.472 e. The zero-order valence-electron chi connectivity index (χ0n) is 12.0. The number of rotatable bonds is 7. The van der Waals surface area contributed by atoms with Crippen LogP contribution in [0.15, 0.2) is 23.0 Å². The Morgan fingerprint density at radius 2 is 2.21 bits per heavy atom. The van der Waals surface area contributed by atoms with Gasteiger partial charge in [-0.25, -0.2) is 0 Å². The highest BCUT2D eigenvalue weighted by atomic mass is 16.5. The Bertz CT molecular complexity index is 344. The SMILES string of the molecule is CCCNC(Cc1ccoc1)C1(OC)CCOCC1. The van der Waals surface area contributed by atoms with Crippen LogP contribution in [0.3, 0.4) is 0 Å². The molecule has 0 saturated carbocycles. The van der Waals surface area contributed by atoms with Gasteiger partial charge in [0.25, 0.3) is 0 Å². The molecule has 2 rings (SSSR count). The lowest BCUT2D eigenvalue weighted by Gasteiger charge is -2.42. The Hall–Kier alpha value is -0.840. The van der Waals surface area contributed by atoms with Crippen LogP contribution in [0.5, 0.6) is 0 Å². The zero-order valence-corrected chi connectivity index (χ0v) is 12.0. The number of hydrogen-bond donors (Lipinski definition) is 1. The highest BCUT2D eigenvalue weighted by Crippen LogP contribution is 2.30. The quantitative estimate of drug-likeness (QED) is 0.824. The van der Waals surface area contributed by atoms with E-state index in [9.17, 15) is 0 Å². The maximum absolute atomic E-state index is 5.91. The van der Waals surface area contributed by atoms with E-state index in [1.807, 2.05) is 19.4 Å². The van der Waals surface area contributed by atoms with E-state index < -0.39 is 0 Å². The molecule has 0 spiro atoms. The lowest BCUT2D eigenvalue weighted by molar-refractivity contribution is -0.110. The molecule has 19 heavy (non-hydrogen) atoms. The summed E-state index contributed by atoms with van der Waals surface area (Å²) < 4.78 is 16.6. The fourth-order valence-electron chi connectivity index (χ4n) is 2.82. The van der Waals surface area contributed by atoms with Gasteiger partial charge in [0.15, 0.2) is 0 Å². The van der Waals surface area contributed by atoms with Crippen molar-refractivity contribution in [2.45, 2.75) is 44.2 Å². The summed E-state index contributed by atoms with van der Waals surface area (Å²) in [4.78, 5) is 0. The van der Waals surface area contributed by atoms with Gasteiger partial charge in [0.2, 0.25) is 0 Å². The van der Waals surface area contributed by atoms with Gasteiger partial charge in [-0.05, 0) is 31.0 Å². The number of methoxy groups -OCH3 is 1. The van der Waals surface area contributed by atoms with Crippen LogP contribution in [0.25, 0.3) is 0 Å². The smallest absolute Gasteiger partial charge is 0.0935 e. The standard InChI is InChI=1S/C15H25NO3/c1-3-7-16-14(11-13-4-8-19-12-13)15(17-2)5-9-18-10-6-15/h4,8,12,14,16H,3,5-7,9-11H2,1-2H3. The van der Waals surface area contributed by atoms with Crippen LogP contribution < -0.4 is 5.32 Å². The maximum atomic E-state index is 5.91. The molecule has 0 amide bonds. The Balaban J connectivity index is 2.09. The second kappa shape index (κ2) is 7.08. The average molecular weight is 267 g/mol. The fourth-order valence-corrected chi connectivity index (χ4v) is 2.82. The van der Waals surface area contributed by atoms with Crippen molar-refractivity contribution in [1.29, 1.82) is 0 Å². The Kier molecular flexibility index (Phi) is 5.43. The lowest BCUT2D eigenvalue weighted by Crippen LogP contribution is -2.56. The molecule has 1 aliphatic heterocycles. The zero-order chi connectivity index (χ0) is 13.6. The van der Waals surface area contributed by atoms with E-state index in [4.69, 9.17) is 13.9 Å². The van der Waals surface area contributed by atoms with E-state index in [0.717, 1.165) is 45.4 Å². The topological polar surface area (TPSA) is 43.6 Å². The van der Waals surface area contributed by atoms with Gasteiger partial charge in [0.1, 0.15) is 0 Å². The summed E-state index contributed by atoms with van der Waals surface area (Å²) in [7, 11) is 1.82. The molecule has 1 atom stereocenters. The molecular weight excluding hydrogens is 242 g/mol. The predicted octanol–water partition coefficient (Wildman–Crippen LogP) is 2.39. The van der Waals surface area contributed by atoms with E-state index in [1.165, 1.54) is 5.56 Å². The van der Waals surface area contributed by atoms with Crippen LogP contribution in [0, 0.1) is 0 Å². The number of nitrogens with one attached hydrogen (secondary N) is 1. The molecule has 0 bridgehead atoms. The van der Waals surface area contributed by atoms with Crippen LogP contribution in [0.1, 0.15) is 31.7 Å². The van der Waals surface area contributed by atoms with Gasteiger partial charge in [0.05, 0.1) is 18.1 Å². The van der Waals surface area contributed by atoms with Crippen molar-refractivity contribution in [3.63, 3.8) is 0 Å². The number of ether oxygens (including phenoxy) is 2. The van der Waals surface area contributed by atoms with E-state index >= 15 is 0 Å². The third kappa shape index (κ3) is 3.59. The Labute approximate surface area is 115 Å². The van der Waals surface area contributed by atoms with Crippen molar-refractivity contribution in [3.8, 4) is 0 Å². The van der Waals surface area contributed by atoms with Gasteiger partial charge in [0, 0.05) is 39.2 Å². The average Bonchev–Trinajstić information content (AvgIpc) is 2.97. The van der Waals surface area contributed by atoms with Crippen molar-refractivity contribution in [3.05, 3.63) is 24.2 Å². The summed E-state index contributed by atoms with van der Waals surface area (Å²) in [5.41, 5.74) is 1.10. The summed E-state index contributed by atoms with van der Waals surface area (Å²) in [5, 5.41) is 3.65. The minimum atomic E-state index is -0.120. The molecule has 0 radical (unpaired) electrons. The second-order valence-electron chi connectivity index (χ2n) is 5.22. The van der Waals surface area contributed by atoms with Crippen molar-refractivity contribution in [1.82, 2.24) is 5.32 Å². The molecule has 108 valence electrons. The highest BCUT2D eigenvalue weighted by Gasteiger charge is 2.40. The van der Waals surface area contributed by atoms with E-state index in [0.29, 0.717) is 6.04 Å². The van der Waals surface area contributed by atoms with Crippen LogP contribution in [-0.4, -0.2) is 38.5 Å². The largest absolute Gasteiger partial charge is 0.472 e. The van der Waals surface area contributed by atoms with Gasteiger partial charge in [-0.1, -0.05) is 6.92 Å². The molecular formula is C15H25NO3. The van der Waals surface area contributed by atoms with E-state index in [-0.39, 0.29) is 5.60 Å². The Morgan fingerprint density at radius 3 is 2.79 bits per heavy atom. The van der Waals surface area contributed by atoms with Crippen LogP contribution in [0.4, 0.5) is 0 Å². The first kappa shape index (κ1) is 14.6. The monoisotopic (exact) mass is 267 g/mol. The lowest BCUT2D eigenvalue weighted by atomic mass is 9.83. The molecule has 1 fully saturated rings. The molecule has 4 heteroatoms. The first-order chi connectivity index (χ1) is 9.30. The van der Waals surface area contributed by atoms with Gasteiger partial charge in [-0.2, -0.15) is 0 Å². The van der Waals surface area contributed by atoms with E-state index in [2.05, 4.69) is 12.2 Å². The summed E-state index contributed by atoms with van der Waals surface area (Å²) in [6.45, 7) is 4.76. The van der Waals surface area contributed by atoms with Crippen LogP contribution in [0.2, 0.25) is 0 Å². The van der Waals surface area contributed by atoms with Crippen molar-refractivity contribution >= 4 is 0 Å². The summed E-state index contributed by atoms with van der Waals surface area (Å²) in [5.74, 6) is 0. The highest BCUT2D eigenvalue weighted by molar-refractivity contribution is 5.11. The van der Waals surface area contributed by atoms with Crippen LogP contribution >= 0.6 is 0 Å². The van der Waals surface area contributed by atoms with E-state index in [1.54, 1.807) is 6.26 Å². The predicted molar refractivity (Wildman–Crippen MR) is 74.3 cm³/mol. The van der Waals surface area contributed by atoms with Crippen molar-refractivity contribution < 1.29 is 13.9 Å². The first-order valence-electron chi connectivity index (χ1n) is 7.18. The van der Waals surface area contributed by atoms with Gasteiger partial charge >= 0.3 is 0 Å². The molecule has 2 heterocycles. The van der Waals surface area contributed by atoms with Gasteiger partial charge < -0.3 is 19.2 Å². The molecule has 1 unspecified atom stereocenters. The van der Waals surface area contributed by atoms with Gasteiger partial charge in [-0.3, -0.25) is 0 Å². The van der Waals surface area contributed by atoms with Crippen molar-refractivity contribution in [2.75, 3.05) is 26.9 Å².